The van der Waals surface area contributed by atoms with Gasteiger partial charge in [0, 0.05) is 51.4 Å². The summed E-state index contributed by atoms with van der Waals surface area (Å²) in [7, 11) is 0. The van der Waals surface area contributed by atoms with Crippen molar-refractivity contribution in [3.05, 3.63) is 35.9 Å². The summed E-state index contributed by atoms with van der Waals surface area (Å²) in [5.74, 6) is -1.06. The molecule has 5 bridgehead atoms. The maximum atomic E-state index is 13.6. The molecule has 11 heteroatoms. The molecule has 4 fully saturated rings. The molecule has 3 atom stereocenters. The summed E-state index contributed by atoms with van der Waals surface area (Å²) in [6.07, 6.45) is -0.469. The molecular formula is C28H43N3O8. The second-order valence-corrected chi connectivity index (χ2v) is 10.5. The van der Waals surface area contributed by atoms with E-state index < -0.39 is 5.79 Å². The Kier molecular flexibility index (Phi) is 11.0. The second-order valence-electron chi connectivity index (χ2n) is 10.5. The van der Waals surface area contributed by atoms with E-state index in [1.54, 1.807) is 0 Å². The van der Waals surface area contributed by atoms with Crippen molar-refractivity contribution in [3.8, 4) is 0 Å². The average Bonchev–Trinajstić information content (AvgIpc) is 2.94. The highest BCUT2D eigenvalue weighted by Gasteiger charge is 2.48. The summed E-state index contributed by atoms with van der Waals surface area (Å²) in [4.78, 5) is 20.0. The van der Waals surface area contributed by atoms with Crippen LogP contribution in [0.4, 0.5) is 0 Å². The van der Waals surface area contributed by atoms with E-state index in [1.807, 2.05) is 35.2 Å². The molecular weight excluding hydrogens is 506 g/mol. The van der Waals surface area contributed by atoms with E-state index in [2.05, 4.69) is 9.80 Å². The molecule has 1 amide bonds. The third kappa shape index (κ3) is 8.66. The van der Waals surface area contributed by atoms with E-state index >= 15 is 0 Å². The highest BCUT2D eigenvalue weighted by Crippen LogP contribution is 2.30. The van der Waals surface area contributed by atoms with Crippen LogP contribution in [0, 0.1) is 0 Å². The van der Waals surface area contributed by atoms with Crippen LogP contribution < -0.4 is 0 Å². The molecule has 4 aliphatic rings. The lowest BCUT2D eigenvalue weighted by Gasteiger charge is -2.50. The number of carbonyl (C=O) groups is 1. The largest absolute Gasteiger partial charge is 0.378 e. The second kappa shape index (κ2) is 14.8. The lowest BCUT2D eigenvalue weighted by Crippen LogP contribution is -2.65. The number of morpholine rings is 1. The highest BCUT2D eigenvalue weighted by atomic mass is 16.7. The predicted octanol–water partition coefficient (Wildman–Crippen LogP) is 0.337. The lowest BCUT2D eigenvalue weighted by atomic mass is 10.1. The molecule has 3 unspecified atom stereocenters. The van der Waals surface area contributed by atoms with Gasteiger partial charge in [0.05, 0.1) is 78.2 Å². The number of rotatable bonds is 1. The van der Waals surface area contributed by atoms with Crippen LogP contribution in [0.25, 0.3) is 0 Å². The molecule has 11 nitrogen and oxygen atoms in total. The monoisotopic (exact) mass is 549 g/mol. The fourth-order valence-electron chi connectivity index (χ4n) is 5.53. The Morgan fingerprint density at radius 3 is 1.79 bits per heavy atom. The molecule has 1 aromatic rings. The Labute approximate surface area is 231 Å². The summed E-state index contributed by atoms with van der Waals surface area (Å²) >= 11 is 0. The zero-order valence-electron chi connectivity index (χ0n) is 22.9. The number of ether oxygens (including phenoxy) is 7. The molecule has 4 saturated heterocycles. The van der Waals surface area contributed by atoms with E-state index in [1.165, 1.54) is 0 Å². The molecule has 1 spiro atoms. The molecule has 0 aliphatic carbocycles. The molecule has 4 aliphatic heterocycles. The summed E-state index contributed by atoms with van der Waals surface area (Å²) in [5.41, 5.74) is 0.656. The Morgan fingerprint density at radius 1 is 0.667 bits per heavy atom. The standard InChI is InChI=1S/C28H43N3O8/c32-27(24-4-2-1-3-5-24)31-20-25-18-29-6-10-33-14-16-35-12-8-30(9-13-36-17-15-34-11-7-29)19-26-21-37-23-28(22-31,38-25)39-26/h1-5,25-26H,6-23H2. The van der Waals surface area contributed by atoms with Gasteiger partial charge in [0.15, 0.2) is 0 Å². The van der Waals surface area contributed by atoms with Crippen LogP contribution in [0.2, 0.25) is 0 Å². The number of nitrogens with zero attached hydrogens (tertiary/aromatic N) is 3. The van der Waals surface area contributed by atoms with E-state index in [0.29, 0.717) is 104 Å². The van der Waals surface area contributed by atoms with Gasteiger partial charge in [0.1, 0.15) is 6.61 Å². The predicted molar refractivity (Wildman–Crippen MR) is 142 cm³/mol. The van der Waals surface area contributed by atoms with E-state index in [0.717, 1.165) is 13.1 Å². The number of hydrogen-bond donors (Lipinski definition) is 0. The topological polar surface area (TPSA) is 91.4 Å². The minimum Gasteiger partial charge on any atom is -0.378 e. The van der Waals surface area contributed by atoms with Crippen molar-refractivity contribution < 1.29 is 38.0 Å². The number of hydrogen-bond acceptors (Lipinski definition) is 10. The molecule has 0 N–H and O–H groups in total. The fourth-order valence-corrected chi connectivity index (χ4v) is 5.53. The Balaban J connectivity index is 1.41. The zero-order valence-corrected chi connectivity index (χ0v) is 22.9. The van der Waals surface area contributed by atoms with Gasteiger partial charge < -0.3 is 38.1 Å². The first-order chi connectivity index (χ1) is 19.2. The van der Waals surface area contributed by atoms with E-state index in [-0.39, 0.29) is 24.7 Å². The summed E-state index contributed by atoms with van der Waals surface area (Å²) in [6.45, 7) is 10.2. The van der Waals surface area contributed by atoms with Gasteiger partial charge >= 0.3 is 0 Å². The van der Waals surface area contributed by atoms with Crippen molar-refractivity contribution in [2.75, 3.05) is 118 Å². The zero-order chi connectivity index (χ0) is 26.8. The van der Waals surface area contributed by atoms with Gasteiger partial charge in [0.25, 0.3) is 5.91 Å². The first-order valence-electron chi connectivity index (χ1n) is 14.2. The number of amides is 1. The van der Waals surface area contributed by atoms with Crippen molar-refractivity contribution in [3.63, 3.8) is 0 Å². The Morgan fingerprint density at radius 2 is 1.21 bits per heavy atom. The first-order valence-corrected chi connectivity index (χ1v) is 14.2. The van der Waals surface area contributed by atoms with Crippen LogP contribution in [0.1, 0.15) is 10.4 Å². The highest BCUT2D eigenvalue weighted by molar-refractivity contribution is 5.94. The van der Waals surface area contributed by atoms with Crippen LogP contribution in [0.15, 0.2) is 30.3 Å². The Bertz CT molecular complexity index is 856. The van der Waals surface area contributed by atoms with Gasteiger partial charge in [-0.3, -0.25) is 14.6 Å². The summed E-state index contributed by atoms with van der Waals surface area (Å²) in [5, 5.41) is 0. The number of fused-ring (bicyclic) bond motifs is 2. The summed E-state index contributed by atoms with van der Waals surface area (Å²) < 4.78 is 43.0. The van der Waals surface area contributed by atoms with Crippen molar-refractivity contribution in [2.24, 2.45) is 0 Å². The molecule has 218 valence electrons. The third-order valence-electron chi connectivity index (χ3n) is 7.43. The SMILES string of the molecule is O=C(c1ccccc1)N1CC2CN3CCOCCOCCN(CCOCCOCC3)CC3COCC(C1)(O3)O2. The van der Waals surface area contributed by atoms with Gasteiger partial charge in [-0.05, 0) is 12.1 Å². The van der Waals surface area contributed by atoms with E-state index in [9.17, 15) is 4.79 Å². The molecule has 0 saturated carbocycles. The maximum absolute atomic E-state index is 13.6. The van der Waals surface area contributed by atoms with Crippen molar-refractivity contribution in [1.29, 1.82) is 0 Å². The third-order valence-corrected chi connectivity index (χ3v) is 7.43. The quantitative estimate of drug-likeness (QED) is 0.488. The lowest BCUT2D eigenvalue weighted by molar-refractivity contribution is -0.350. The average molecular weight is 550 g/mol. The van der Waals surface area contributed by atoms with E-state index in [4.69, 9.17) is 33.2 Å². The first kappa shape index (κ1) is 28.8. The maximum Gasteiger partial charge on any atom is 0.254 e. The van der Waals surface area contributed by atoms with Crippen LogP contribution in [-0.4, -0.2) is 157 Å². The molecule has 0 aromatic heterocycles. The van der Waals surface area contributed by atoms with Crippen LogP contribution in [0.3, 0.4) is 0 Å². The molecule has 1 aromatic carbocycles. The minimum atomic E-state index is -1.03. The van der Waals surface area contributed by atoms with Gasteiger partial charge in [0.2, 0.25) is 5.79 Å². The fraction of sp³-hybridized carbons (Fsp3) is 0.750. The van der Waals surface area contributed by atoms with Crippen molar-refractivity contribution in [2.45, 2.75) is 18.0 Å². The molecule has 39 heavy (non-hydrogen) atoms. The normalized spacial score (nSPS) is 34.3. The molecule has 5 rings (SSSR count). The van der Waals surface area contributed by atoms with Crippen LogP contribution >= 0.6 is 0 Å². The molecule has 0 radical (unpaired) electrons. The van der Waals surface area contributed by atoms with Crippen molar-refractivity contribution >= 4 is 5.91 Å². The number of benzene rings is 1. The van der Waals surface area contributed by atoms with Gasteiger partial charge in [-0.1, -0.05) is 18.2 Å². The Hall–Kier alpha value is -1.67. The van der Waals surface area contributed by atoms with Crippen molar-refractivity contribution in [1.82, 2.24) is 14.7 Å². The summed E-state index contributed by atoms with van der Waals surface area (Å²) in [6, 6.07) is 9.40. The molecule has 4 heterocycles. The minimum absolute atomic E-state index is 0.0278. The van der Waals surface area contributed by atoms with Crippen LogP contribution in [0.5, 0.6) is 0 Å². The van der Waals surface area contributed by atoms with Gasteiger partial charge in [-0.2, -0.15) is 0 Å². The smallest absolute Gasteiger partial charge is 0.254 e. The van der Waals surface area contributed by atoms with Gasteiger partial charge in [-0.15, -0.1) is 0 Å². The number of carbonyl (C=O) groups excluding carboxylic acids is 1. The van der Waals surface area contributed by atoms with Gasteiger partial charge in [-0.25, -0.2) is 0 Å². The van der Waals surface area contributed by atoms with Crippen LogP contribution in [-0.2, 0) is 33.2 Å².